The molecule has 2 aliphatic rings. The first-order valence-corrected chi connectivity index (χ1v) is 7.76. The molecule has 1 aliphatic heterocycles. The second-order valence-corrected chi connectivity index (χ2v) is 5.86. The summed E-state index contributed by atoms with van der Waals surface area (Å²) >= 11 is 0. The van der Waals surface area contributed by atoms with E-state index in [1.807, 2.05) is 0 Å². The Morgan fingerprint density at radius 3 is 3.00 bits per heavy atom. The zero-order chi connectivity index (χ0) is 14.1. The Labute approximate surface area is 124 Å². The smallest absolute Gasteiger partial charge is 0.266 e. The number of fused-ring (bicyclic) bond motifs is 1. The maximum atomic E-state index is 5.47. The predicted molar refractivity (Wildman–Crippen MR) is 80.6 cm³/mol. The lowest BCUT2D eigenvalue weighted by Gasteiger charge is -2.25. The van der Waals surface area contributed by atoms with E-state index in [9.17, 15) is 0 Å². The van der Waals surface area contributed by atoms with Gasteiger partial charge in [-0.2, -0.15) is 4.98 Å². The summed E-state index contributed by atoms with van der Waals surface area (Å²) in [7, 11) is 0. The van der Waals surface area contributed by atoms with Crippen molar-refractivity contribution in [1.82, 2.24) is 15.5 Å². The van der Waals surface area contributed by atoms with Crippen molar-refractivity contribution in [2.45, 2.75) is 25.2 Å². The zero-order valence-electron chi connectivity index (χ0n) is 12.1. The van der Waals surface area contributed by atoms with Gasteiger partial charge in [-0.1, -0.05) is 24.3 Å². The Hall–Kier alpha value is -1.88. The summed E-state index contributed by atoms with van der Waals surface area (Å²) in [6.45, 7) is 3.87. The molecule has 1 atom stereocenters. The molecule has 1 aromatic heterocycles. The van der Waals surface area contributed by atoms with Crippen LogP contribution in [0.4, 0.5) is 5.95 Å². The highest BCUT2D eigenvalue weighted by Gasteiger charge is 2.25. The Bertz CT molecular complexity index is 618. The highest BCUT2D eigenvalue weighted by atomic mass is 16.5. The summed E-state index contributed by atoms with van der Waals surface area (Å²) < 4.78 is 5.47. The fourth-order valence-electron chi connectivity index (χ4n) is 3.39. The predicted octanol–water partition coefficient (Wildman–Crippen LogP) is 1.75. The van der Waals surface area contributed by atoms with Crippen LogP contribution in [-0.2, 0) is 12.8 Å². The minimum absolute atomic E-state index is 0.525. The molecular formula is C16H20N4O. The van der Waals surface area contributed by atoms with Gasteiger partial charge in [-0.25, -0.2) is 0 Å². The molecule has 0 amide bonds. The van der Waals surface area contributed by atoms with Crippen molar-refractivity contribution < 1.29 is 4.52 Å². The minimum atomic E-state index is 0.525. The van der Waals surface area contributed by atoms with Gasteiger partial charge in [-0.05, 0) is 35.0 Å². The summed E-state index contributed by atoms with van der Waals surface area (Å²) in [5.41, 5.74) is 2.93. The molecule has 1 N–H and O–H groups in total. The van der Waals surface area contributed by atoms with Gasteiger partial charge in [0.25, 0.3) is 5.95 Å². The SMILES string of the molecule is c1ccc2c(c1)CCC2Cc1nc(N2CCNCC2)no1. The van der Waals surface area contributed by atoms with Crippen LogP contribution in [-0.4, -0.2) is 36.3 Å². The van der Waals surface area contributed by atoms with E-state index in [4.69, 9.17) is 4.52 Å². The third kappa shape index (κ3) is 2.53. The number of nitrogens with zero attached hydrogens (tertiary/aromatic N) is 3. The first kappa shape index (κ1) is 12.8. The lowest BCUT2D eigenvalue weighted by Crippen LogP contribution is -2.44. The van der Waals surface area contributed by atoms with Gasteiger partial charge >= 0.3 is 0 Å². The molecule has 1 fully saturated rings. The quantitative estimate of drug-likeness (QED) is 0.930. The van der Waals surface area contributed by atoms with Crippen molar-refractivity contribution in [2.24, 2.45) is 0 Å². The fraction of sp³-hybridized carbons (Fsp3) is 0.500. The van der Waals surface area contributed by atoms with E-state index in [1.54, 1.807) is 0 Å². The van der Waals surface area contributed by atoms with E-state index in [0.29, 0.717) is 5.92 Å². The monoisotopic (exact) mass is 284 g/mol. The largest absolute Gasteiger partial charge is 0.337 e. The van der Waals surface area contributed by atoms with Gasteiger partial charge in [-0.15, -0.1) is 0 Å². The molecule has 0 radical (unpaired) electrons. The van der Waals surface area contributed by atoms with Crippen LogP contribution in [0.2, 0.25) is 0 Å². The lowest BCUT2D eigenvalue weighted by molar-refractivity contribution is 0.367. The van der Waals surface area contributed by atoms with Crippen LogP contribution in [0.1, 0.15) is 29.4 Å². The Morgan fingerprint density at radius 1 is 1.24 bits per heavy atom. The lowest BCUT2D eigenvalue weighted by atomic mass is 9.98. The van der Waals surface area contributed by atoms with E-state index < -0.39 is 0 Å². The third-order valence-electron chi connectivity index (χ3n) is 4.54. The van der Waals surface area contributed by atoms with E-state index in [2.05, 4.69) is 44.6 Å². The van der Waals surface area contributed by atoms with Crippen LogP contribution < -0.4 is 10.2 Å². The molecule has 1 aliphatic carbocycles. The topological polar surface area (TPSA) is 54.2 Å². The maximum Gasteiger partial charge on any atom is 0.266 e. The van der Waals surface area contributed by atoms with E-state index in [0.717, 1.165) is 44.4 Å². The van der Waals surface area contributed by atoms with Crippen molar-refractivity contribution in [2.75, 3.05) is 31.1 Å². The molecule has 1 saturated heterocycles. The first-order chi connectivity index (χ1) is 10.4. The summed E-state index contributed by atoms with van der Waals surface area (Å²) in [4.78, 5) is 6.78. The Balaban J connectivity index is 1.47. The van der Waals surface area contributed by atoms with Crippen molar-refractivity contribution >= 4 is 5.95 Å². The molecule has 2 heterocycles. The average molecular weight is 284 g/mol. The highest BCUT2D eigenvalue weighted by Crippen LogP contribution is 2.35. The summed E-state index contributed by atoms with van der Waals surface area (Å²) in [6.07, 6.45) is 3.21. The molecule has 1 unspecified atom stereocenters. The normalized spacial score (nSPS) is 21.5. The van der Waals surface area contributed by atoms with Crippen molar-refractivity contribution in [3.8, 4) is 0 Å². The second kappa shape index (κ2) is 5.48. The molecule has 0 bridgehead atoms. The van der Waals surface area contributed by atoms with Gasteiger partial charge in [-0.3, -0.25) is 0 Å². The third-order valence-corrected chi connectivity index (χ3v) is 4.54. The fourth-order valence-corrected chi connectivity index (χ4v) is 3.39. The minimum Gasteiger partial charge on any atom is -0.337 e. The first-order valence-electron chi connectivity index (χ1n) is 7.76. The molecule has 1 aromatic carbocycles. The number of anilines is 1. The molecule has 4 rings (SSSR count). The summed E-state index contributed by atoms with van der Waals surface area (Å²) in [5, 5.41) is 7.48. The Morgan fingerprint density at radius 2 is 2.10 bits per heavy atom. The molecule has 2 aromatic rings. The van der Waals surface area contributed by atoms with Gasteiger partial charge in [0.1, 0.15) is 0 Å². The molecule has 5 heteroatoms. The number of aryl methyl sites for hydroxylation is 1. The highest BCUT2D eigenvalue weighted by molar-refractivity contribution is 5.35. The number of hydrogen-bond donors (Lipinski definition) is 1. The molecule has 0 spiro atoms. The summed E-state index contributed by atoms with van der Waals surface area (Å²) in [5.74, 6) is 2.04. The number of rotatable bonds is 3. The van der Waals surface area contributed by atoms with Gasteiger partial charge in [0.2, 0.25) is 5.89 Å². The van der Waals surface area contributed by atoms with E-state index in [-0.39, 0.29) is 0 Å². The van der Waals surface area contributed by atoms with Gasteiger partial charge in [0.05, 0.1) is 0 Å². The molecule has 5 nitrogen and oxygen atoms in total. The number of aromatic nitrogens is 2. The molecule has 21 heavy (non-hydrogen) atoms. The van der Waals surface area contributed by atoms with Crippen molar-refractivity contribution in [3.05, 3.63) is 41.3 Å². The van der Waals surface area contributed by atoms with E-state index >= 15 is 0 Å². The second-order valence-electron chi connectivity index (χ2n) is 5.86. The number of benzene rings is 1. The standard InChI is InChI=1S/C16H20N4O/c1-2-4-14-12(3-1)5-6-13(14)11-15-18-16(19-21-15)20-9-7-17-8-10-20/h1-4,13,17H,5-11H2. The van der Waals surface area contributed by atoms with E-state index in [1.165, 1.54) is 24.0 Å². The Kier molecular flexibility index (Phi) is 3.35. The maximum absolute atomic E-state index is 5.47. The van der Waals surface area contributed by atoms with Gasteiger partial charge < -0.3 is 14.7 Å². The van der Waals surface area contributed by atoms with Crippen LogP contribution in [0, 0.1) is 0 Å². The number of hydrogen-bond acceptors (Lipinski definition) is 5. The van der Waals surface area contributed by atoms with Gasteiger partial charge in [0.15, 0.2) is 0 Å². The number of nitrogens with one attached hydrogen (secondary N) is 1. The molecule has 110 valence electrons. The zero-order valence-corrected chi connectivity index (χ0v) is 12.1. The van der Waals surface area contributed by atoms with Crippen LogP contribution >= 0.6 is 0 Å². The molecular weight excluding hydrogens is 264 g/mol. The summed E-state index contributed by atoms with van der Waals surface area (Å²) in [6, 6.07) is 8.71. The van der Waals surface area contributed by atoms with Gasteiger partial charge in [0, 0.05) is 32.6 Å². The van der Waals surface area contributed by atoms with Crippen molar-refractivity contribution in [3.63, 3.8) is 0 Å². The van der Waals surface area contributed by atoms with Crippen LogP contribution in [0.5, 0.6) is 0 Å². The van der Waals surface area contributed by atoms with Crippen LogP contribution in [0.15, 0.2) is 28.8 Å². The van der Waals surface area contributed by atoms with Crippen LogP contribution in [0.25, 0.3) is 0 Å². The van der Waals surface area contributed by atoms with Crippen LogP contribution in [0.3, 0.4) is 0 Å². The average Bonchev–Trinajstić information content (AvgIpc) is 3.17. The van der Waals surface area contributed by atoms with Crippen molar-refractivity contribution in [1.29, 1.82) is 0 Å². The number of piperazine rings is 1. The molecule has 0 saturated carbocycles.